The Bertz CT molecular complexity index is 707. The van der Waals surface area contributed by atoms with Crippen LogP contribution in [0.5, 0.6) is 0 Å². The first kappa shape index (κ1) is 20.9. The van der Waals surface area contributed by atoms with Gasteiger partial charge in [-0.05, 0) is 71.7 Å². The van der Waals surface area contributed by atoms with Gasteiger partial charge in [0.15, 0.2) is 0 Å². The van der Waals surface area contributed by atoms with Crippen LogP contribution in [0.15, 0.2) is 24.3 Å². The van der Waals surface area contributed by atoms with Gasteiger partial charge in [0.2, 0.25) is 0 Å². The average molecular weight is 375 g/mol. The average Bonchev–Trinajstić information content (AvgIpc) is 2.52. The van der Waals surface area contributed by atoms with Crippen molar-refractivity contribution in [1.29, 1.82) is 0 Å². The number of likely N-dealkylation sites (tertiary alicyclic amines) is 1. The Labute approximate surface area is 160 Å². The van der Waals surface area contributed by atoms with Crippen LogP contribution < -0.4 is 11.1 Å². The third kappa shape index (κ3) is 4.66. The minimum atomic E-state index is -0.712. The van der Waals surface area contributed by atoms with Crippen molar-refractivity contribution in [2.75, 3.05) is 11.9 Å². The van der Waals surface area contributed by atoms with E-state index >= 15 is 0 Å². The molecule has 2 amide bonds. The molecule has 1 fully saturated rings. The Morgan fingerprint density at radius 1 is 1.11 bits per heavy atom. The first-order valence-electron chi connectivity index (χ1n) is 9.16. The summed E-state index contributed by atoms with van der Waals surface area (Å²) in [5.41, 5.74) is 5.90. The van der Waals surface area contributed by atoms with Crippen molar-refractivity contribution in [3.63, 3.8) is 0 Å². The van der Waals surface area contributed by atoms with Crippen molar-refractivity contribution in [2.45, 2.75) is 64.6 Å². The molecule has 0 atom stereocenters. The van der Waals surface area contributed by atoms with E-state index < -0.39 is 28.9 Å². The highest BCUT2D eigenvalue weighted by Crippen LogP contribution is 2.37. The molecule has 27 heavy (non-hydrogen) atoms. The van der Waals surface area contributed by atoms with Crippen molar-refractivity contribution >= 4 is 23.5 Å². The number of carbonyl (C=O) groups is 3. The Morgan fingerprint density at radius 3 is 2.11 bits per heavy atom. The van der Waals surface area contributed by atoms with E-state index in [0.717, 1.165) is 0 Å². The molecule has 0 aliphatic carbocycles. The smallest absolute Gasteiger partial charge is 0.338 e. The number of piperidine rings is 1. The van der Waals surface area contributed by atoms with Crippen LogP contribution in [0, 0.1) is 0 Å². The Hall–Kier alpha value is -2.41. The number of benzene rings is 1. The minimum absolute atomic E-state index is 0.0162. The van der Waals surface area contributed by atoms with Crippen LogP contribution >= 0.6 is 0 Å². The summed E-state index contributed by atoms with van der Waals surface area (Å²) in [5.74, 6) is -1.73. The normalized spacial score (nSPS) is 18.7. The predicted molar refractivity (Wildman–Crippen MR) is 103 cm³/mol. The molecule has 148 valence electrons. The summed E-state index contributed by atoms with van der Waals surface area (Å²) in [4.78, 5) is 38.8. The van der Waals surface area contributed by atoms with Gasteiger partial charge in [-0.2, -0.15) is 0 Å². The summed E-state index contributed by atoms with van der Waals surface area (Å²) < 4.78 is 4.92. The monoisotopic (exact) mass is 375 g/mol. The van der Waals surface area contributed by atoms with Crippen molar-refractivity contribution in [1.82, 2.24) is 4.90 Å². The van der Waals surface area contributed by atoms with Crippen molar-refractivity contribution in [3.05, 3.63) is 29.8 Å². The zero-order valence-electron chi connectivity index (χ0n) is 16.7. The lowest BCUT2D eigenvalue weighted by molar-refractivity contribution is -0.156. The highest BCUT2D eigenvalue weighted by molar-refractivity contribution is 6.39. The topological polar surface area (TPSA) is 102 Å². The molecule has 2 rings (SSSR count). The number of carbonyl (C=O) groups excluding carboxylic acids is 3. The van der Waals surface area contributed by atoms with Crippen LogP contribution in [0.2, 0.25) is 0 Å². The third-order valence-corrected chi connectivity index (χ3v) is 4.79. The number of hydrogen-bond acceptors (Lipinski definition) is 5. The van der Waals surface area contributed by atoms with Gasteiger partial charge in [-0.3, -0.25) is 9.59 Å². The molecule has 7 heteroatoms. The Balaban J connectivity index is 2.13. The van der Waals surface area contributed by atoms with Crippen LogP contribution in [0.3, 0.4) is 0 Å². The van der Waals surface area contributed by atoms with E-state index in [9.17, 15) is 14.4 Å². The number of ether oxygens (including phenoxy) is 1. The van der Waals surface area contributed by atoms with Gasteiger partial charge in [-0.25, -0.2) is 4.79 Å². The van der Waals surface area contributed by atoms with E-state index in [0.29, 0.717) is 24.1 Å². The summed E-state index contributed by atoms with van der Waals surface area (Å²) in [6.45, 7) is 9.71. The van der Waals surface area contributed by atoms with Gasteiger partial charge < -0.3 is 20.7 Å². The summed E-state index contributed by atoms with van der Waals surface area (Å²) in [5, 5.41) is 2.61. The lowest BCUT2D eigenvalue weighted by atomic mass is 9.77. The lowest BCUT2D eigenvalue weighted by Crippen LogP contribution is -2.66. The van der Waals surface area contributed by atoms with Crippen LogP contribution in [0.4, 0.5) is 5.69 Å². The van der Waals surface area contributed by atoms with Crippen molar-refractivity contribution in [2.24, 2.45) is 5.73 Å². The van der Waals surface area contributed by atoms with E-state index in [1.54, 1.807) is 36.1 Å². The molecular weight excluding hydrogens is 346 g/mol. The molecule has 0 radical (unpaired) electrons. The second-order valence-electron chi connectivity index (χ2n) is 8.19. The zero-order valence-corrected chi connectivity index (χ0v) is 16.7. The molecule has 1 heterocycles. The van der Waals surface area contributed by atoms with Gasteiger partial charge in [0, 0.05) is 22.8 Å². The molecule has 7 nitrogen and oxygen atoms in total. The first-order chi connectivity index (χ1) is 12.5. The fourth-order valence-electron chi connectivity index (χ4n) is 4.10. The van der Waals surface area contributed by atoms with Gasteiger partial charge >= 0.3 is 17.8 Å². The summed E-state index contributed by atoms with van der Waals surface area (Å²) in [6, 6.07) is 6.22. The molecule has 0 bridgehead atoms. The maximum atomic E-state index is 12.9. The molecule has 1 aliphatic heterocycles. The number of nitrogens with zero attached hydrogens (tertiary/aromatic N) is 1. The summed E-state index contributed by atoms with van der Waals surface area (Å²) >= 11 is 0. The number of anilines is 1. The van der Waals surface area contributed by atoms with Gasteiger partial charge in [0.05, 0.1) is 12.2 Å². The molecule has 0 saturated carbocycles. The highest BCUT2D eigenvalue weighted by atomic mass is 16.5. The van der Waals surface area contributed by atoms with Gasteiger partial charge in [0.25, 0.3) is 0 Å². The molecular formula is C20H29N3O4. The van der Waals surface area contributed by atoms with E-state index in [1.165, 1.54) is 0 Å². The van der Waals surface area contributed by atoms with Crippen LogP contribution in [0.25, 0.3) is 0 Å². The predicted octanol–water partition coefficient (Wildman–Crippen LogP) is 2.31. The van der Waals surface area contributed by atoms with E-state index in [1.807, 2.05) is 27.7 Å². The number of hydrogen-bond donors (Lipinski definition) is 2. The largest absolute Gasteiger partial charge is 0.462 e. The fraction of sp³-hybridized carbons (Fsp3) is 0.550. The van der Waals surface area contributed by atoms with Crippen LogP contribution in [0.1, 0.15) is 57.8 Å². The molecule has 0 unspecified atom stereocenters. The van der Waals surface area contributed by atoms with Gasteiger partial charge in [0.1, 0.15) is 0 Å². The van der Waals surface area contributed by atoms with Crippen LogP contribution in [-0.2, 0) is 14.3 Å². The second kappa shape index (κ2) is 7.68. The third-order valence-electron chi connectivity index (χ3n) is 4.79. The zero-order chi connectivity index (χ0) is 20.4. The van der Waals surface area contributed by atoms with Crippen molar-refractivity contribution < 1.29 is 19.1 Å². The second-order valence-corrected chi connectivity index (χ2v) is 8.19. The molecule has 1 aromatic carbocycles. The molecule has 3 N–H and O–H groups in total. The minimum Gasteiger partial charge on any atom is -0.462 e. The lowest BCUT2D eigenvalue weighted by Gasteiger charge is -2.54. The van der Waals surface area contributed by atoms with E-state index in [4.69, 9.17) is 10.5 Å². The number of nitrogens with one attached hydrogen (secondary N) is 1. The number of nitrogens with two attached hydrogens (primary N) is 1. The summed E-state index contributed by atoms with van der Waals surface area (Å²) in [7, 11) is 0. The fourth-order valence-corrected chi connectivity index (χ4v) is 4.10. The van der Waals surface area contributed by atoms with Gasteiger partial charge in [-0.1, -0.05) is 0 Å². The van der Waals surface area contributed by atoms with Crippen molar-refractivity contribution in [3.8, 4) is 0 Å². The quantitative estimate of drug-likeness (QED) is 0.623. The van der Waals surface area contributed by atoms with E-state index in [2.05, 4.69) is 5.32 Å². The van der Waals surface area contributed by atoms with Crippen LogP contribution in [-0.4, -0.2) is 46.4 Å². The maximum absolute atomic E-state index is 12.9. The standard InChI is InChI=1S/C20H29N3O4/c1-6-27-18(26)13-7-9-15(10-8-13)22-16(24)17(25)23-19(2,3)11-14(21)12-20(23,4)5/h7-10,14H,6,11-12,21H2,1-5H3,(H,22,24). The molecule has 1 aromatic rings. The Kier molecular flexibility index (Phi) is 5.94. The number of esters is 1. The van der Waals surface area contributed by atoms with Gasteiger partial charge in [-0.15, -0.1) is 0 Å². The van der Waals surface area contributed by atoms with E-state index in [-0.39, 0.29) is 12.6 Å². The number of rotatable bonds is 3. The molecule has 1 aliphatic rings. The number of amides is 2. The summed E-state index contributed by atoms with van der Waals surface area (Å²) in [6.07, 6.45) is 1.26. The molecule has 0 aromatic heterocycles. The maximum Gasteiger partial charge on any atom is 0.338 e. The molecule has 0 spiro atoms. The Morgan fingerprint density at radius 2 is 1.63 bits per heavy atom. The highest BCUT2D eigenvalue weighted by Gasteiger charge is 2.48. The molecule has 1 saturated heterocycles. The SMILES string of the molecule is CCOC(=O)c1ccc(NC(=O)C(=O)N2C(C)(C)CC(N)CC2(C)C)cc1. The first-order valence-corrected chi connectivity index (χ1v) is 9.16.